The number of nitrogens with one attached hydrogen (secondary N) is 4. The van der Waals surface area contributed by atoms with E-state index in [-0.39, 0.29) is 66.8 Å². The molecule has 13 nitrogen and oxygen atoms in total. The zero-order valence-corrected chi connectivity index (χ0v) is 33.3. The van der Waals surface area contributed by atoms with Gasteiger partial charge in [-0.2, -0.15) is 0 Å². The van der Waals surface area contributed by atoms with Crippen molar-refractivity contribution in [3.05, 3.63) is 12.7 Å². The Bertz CT molecular complexity index is 1440. The summed E-state index contributed by atoms with van der Waals surface area (Å²) in [7, 11) is 0. The van der Waals surface area contributed by atoms with Crippen molar-refractivity contribution in [1.82, 2.24) is 31.1 Å². The fraction of sp³-hybridized carbons (Fsp3) is 0.775. The molecule has 0 radical (unpaired) electrons. The molecule has 0 aromatic rings. The van der Waals surface area contributed by atoms with Gasteiger partial charge in [0.2, 0.25) is 29.4 Å². The van der Waals surface area contributed by atoms with Gasteiger partial charge in [-0.05, 0) is 54.3 Å². The minimum Gasteiger partial charge on any atom is -0.346 e. The largest absolute Gasteiger partial charge is 0.346 e. The van der Waals surface area contributed by atoms with Crippen molar-refractivity contribution in [2.75, 3.05) is 19.6 Å². The summed E-state index contributed by atoms with van der Waals surface area (Å²) in [6, 6.07) is -4.00. The second-order valence-electron chi connectivity index (χ2n) is 18.1. The molecule has 13 heteroatoms. The van der Waals surface area contributed by atoms with Gasteiger partial charge in [-0.25, -0.2) is 4.79 Å². The number of rotatable bonds is 15. The number of Topliss-reactive ketones (excluding diaryl/α,β-unsaturated/α-hetero) is 1. The van der Waals surface area contributed by atoms with E-state index in [1.165, 1.54) is 11.0 Å². The second-order valence-corrected chi connectivity index (χ2v) is 18.1. The number of amides is 7. The van der Waals surface area contributed by atoms with Crippen LogP contribution >= 0.6 is 0 Å². The van der Waals surface area contributed by atoms with Crippen molar-refractivity contribution in [2.45, 2.75) is 144 Å². The third-order valence-electron chi connectivity index (χ3n) is 12.3. The van der Waals surface area contributed by atoms with E-state index in [4.69, 9.17) is 0 Å². The van der Waals surface area contributed by atoms with Crippen LogP contribution in [0.1, 0.15) is 120 Å². The molecule has 0 aromatic heterocycles. The van der Waals surface area contributed by atoms with E-state index in [1.807, 2.05) is 41.5 Å². The highest BCUT2D eigenvalue weighted by molar-refractivity contribution is 6.38. The predicted octanol–water partition coefficient (Wildman–Crippen LogP) is 3.85. The lowest BCUT2D eigenvalue weighted by Crippen LogP contribution is -2.62. The number of unbranched alkanes of at least 4 members (excludes halogenated alkanes) is 1. The maximum Gasteiger partial charge on any atom is 0.315 e. The molecule has 2 aliphatic carbocycles. The molecule has 2 saturated heterocycles. The Kier molecular flexibility index (Phi) is 13.2. The van der Waals surface area contributed by atoms with Crippen molar-refractivity contribution in [2.24, 2.45) is 34.0 Å². The minimum atomic E-state index is -1.04. The van der Waals surface area contributed by atoms with E-state index in [2.05, 4.69) is 41.7 Å². The number of imide groups is 1. The van der Waals surface area contributed by atoms with Crippen LogP contribution in [0.3, 0.4) is 0 Å². The summed E-state index contributed by atoms with van der Waals surface area (Å²) in [4.78, 5) is 97.7. The van der Waals surface area contributed by atoms with Crippen LogP contribution in [0.25, 0.3) is 0 Å². The molecule has 53 heavy (non-hydrogen) atoms. The molecule has 2 saturated carbocycles. The van der Waals surface area contributed by atoms with Gasteiger partial charge in [-0.3, -0.25) is 33.7 Å². The summed E-state index contributed by atoms with van der Waals surface area (Å²) in [5.41, 5.74) is -1.43. The number of fused-ring (bicyclic) bond motifs is 1. The molecule has 0 bridgehead atoms. The normalized spacial score (nSPS) is 25.4. The molecule has 296 valence electrons. The molecule has 4 rings (SSSR count). The van der Waals surface area contributed by atoms with E-state index < -0.39 is 58.6 Å². The van der Waals surface area contributed by atoms with Crippen LogP contribution in [-0.2, 0) is 28.8 Å². The Morgan fingerprint density at radius 2 is 1.64 bits per heavy atom. The second kappa shape index (κ2) is 16.7. The average Bonchev–Trinajstić information content (AvgIpc) is 3.40. The van der Waals surface area contributed by atoms with E-state index in [1.54, 1.807) is 4.90 Å². The fourth-order valence-electron chi connectivity index (χ4n) is 8.57. The number of hydrogen-bond donors (Lipinski definition) is 4. The number of ketones is 1. The molecule has 4 N–H and O–H groups in total. The summed E-state index contributed by atoms with van der Waals surface area (Å²) >= 11 is 0. The lowest BCUT2D eigenvalue weighted by Gasteiger charge is -2.41. The molecule has 2 aliphatic heterocycles. The molecule has 2 unspecified atom stereocenters. The lowest BCUT2D eigenvalue weighted by atomic mass is 9.81. The fourth-order valence-corrected chi connectivity index (χ4v) is 8.57. The number of likely N-dealkylation sites (tertiary alicyclic amines) is 2. The highest BCUT2D eigenvalue weighted by Crippen LogP contribution is 2.65. The van der Waals surface area contributed by atoms with Crippen LogP contribution in [-0.4, -0.2) is 95.0 Å². The monoisotopic (exact) mass is 740 g/mol. The molecule has 4 aliphatic rings. The van der Waals surface area contributed by atoms with Gasteiger partial charge in [0.05, 0.1) is 12.1 Å². The van der Waals surface area contributed by atoms with E-state index in [0.29, 0.717) is 19.4 Å². The predicted molar refractivity (Wildman–Crippen MR) is 201 cm³/mol. The van der Waals surface area contributed by atoms with Gasteiger partial charge in [0.1, 0.15) is 12.1 Å². The summed E-state index contributed by atoms with van der Waals surface area (Å²) in [5.74, 6) is -3.11. The number of carbonyl (C=O) groups is 7. The Morgan fingerprint density at radius 1 is 0.981 bits per heavy atom. The first-order valence-corrected chi connectivity index (χ1v) is 19.7. The molecule has 2 heterocycles. The number of piperidine rings is 2. The summed E-state index contributed by atoms with van der Waals surface area (Å²) in [6.45, 7) is 19.6. The molecule has 0 aromatic carbocycles. The van der Waals surface area contributed by atoms with E-state index >= 15 is 0 Å². The Hall–Kier alpha value is -3.77. The third-order valence-corrected chi connectivity index (χ3v) is 12.3. The van der Waals surface area contributed by atoms with Crippen molar-refractivity contribution in [3.63, 3.8) is 0 Å². The Labute approximate surface area is 315 Å². The van der Waals surface area contributed by atoms with Gasteiger partial charge < -0.3 is 26.2 Å². The maximum atomic E-state index is 14.7. The first kappa shape index (κ1) is 42.0. The molecular formula is C40H64N6O7. The van der Waals surface area contributed by atoms with Crippen molar-refractivity contribution in [1.29, 1.82) is 0 Å². The van der Waals surface area contributed by atoms with Crippen LogP contribution in [0, 0.1) is 34.0 Å². The van der Waals surface area contributed by atoms with Crippen LogP contribution in [0.4, 0.5) is 4.79 Å². The Morgan fingerprint density at radius 3 is 2.25 bits per heavy atom. The van der Waals surface area contributed by atoms with Crippen LogP contribution in [0.2, 0.25) is 0 Å². The smallest absolute Gasteiger partial charge is 0.315 e. The van der Waals surface area contributed by atoms with Gasteiger partial charge in [-0.15, -0.1) is 6.58 Å². The molecule has 6 atom stereocenters. The molecular weight excluding hydrogens is 676 g/mol. The van der Waals surface area contributed by atoms with Crippen molar-refractivity contribution < 1.29 is 33.6 Å². The number of nitrogens with zero attached hydrogens (tertiary/aromatic N) is 2. The number of carbonyl (C=O) groups excluding carboxylic acids is 7. The lowest BCUT2D eigenvalue weighted by molar-refractivity contribution is -0.157. The summed E-state index contributed by atoms with van der Waals surface area (Å²) in [5, 5.41) is 11.4. The molecule has 4 fully saturated rings. The maximum absolute atomic E-state index is 14.7. The first-order valence-electron chi connectivity index (χ1n) is 19.7. The van der Waals surface area contributed by atoms with Crippen LogP contribution < -0.4 is 21.3 Å². The highest BCUT2D eigenvalue weighted by atomic mass is 16.2. The van der Waals surface area contributed by atoms with Gasteiger partial charge >= 0.3 is 6.03 Å². The minimum absolute atomic E-state index is 0.0103. The zero-order valence-electron chi connectivity index (χ0n) is 33.3. The van der Waals surface area contributed by atoms with Crippen LogP contribution in [0.5, 0.6) is 0 Å². The third kappa shape index (κ3) is 9.49. The topological polar surface area (TPSA) is 174 Å². The van der Waals surface area contributed by atoms with Gasteiger partial charge in [-0.1, -0.05) is 93.6 Å². The zero-order chi connectivity index (χ0) is 39.5. The van der Waals surface area contributed by atoms with Crippen molar-refractivity contribution >= 4 is 41.4 Å². The first-order chi connectivity index (χ1) is 24.8. The van der Waals surface area contributed by atoms with Crippen molar-refractivity contribution in [3.8, 4) is 0 Å². The van der Waals surface area contributed by atoms with Gasteiger partial charge in [0.15, 0.2) is 0 Å². The van der Waals surface area contributed by atoms with Gasteiger partial charge in [0, 0.05) is 31.5 Å². The van der Waals surface area contributed by atoms with Gasteiger partial charge in [0.25, 0.3) is 5.91 Å². The Balaban J connectivity index is 1.57. The quantitative estimate of drug-likeness (QED) is 0.112. The van der Waals surface area contributed by atoms with E-state index in [0.717, 1.165) is 38.5 Å². The van der Waals surface area contributed by atoms with Crippen LogP contribution in [0.15, 0.2) is 12.7 Å². The number of hydrogen-bond acceptors (Lipinski definition) is 7. The summed E-state index contributed by atoms with van der Waals surface area (Å²) < 4.78 is 0. The average molecular weight is 741 g/mol. The molecule has 7 amide bonds. The number of urea groups is 1. The van der Waals surface area contributed by atoms with E-state index in [9.17, 15) is 33.6 Å². The molecule has 0 spiro atoms. The highest BCUT2D eigenvalue weighted by Gasteiger charge is 2.69. The SMILES string of the molecule is C=CCNC(=O)C(=O)C(CCCC)NC(=O)C1[C@@H]2[C@H](CN1C(=O)[C@@H](NC(=O)N[C@H](CN1C(=O)CCC(C)(C)C1=O)C(C)(C)C)C1CCCCC1)C2(C)C. The standard InChI is InChI=1S/C40H64N6O7/c1-10-12-18-26(32(48)34(50)41-21-11-2)42-33(49)31-29-25(40(29,8)9)22-46(31)35(51)30(24-16-14-13-15-17-24)44-37(53)43-27(38(3,4)5)23-45-28(47)19-20-39(6,7)36(45)52/h11,24-27,29-31H,2,10,12-23H2,1,3-9H3,(H,41,50)(H,42,49)(H2,43,44,53)/t25-,26?,27+,29-,30-,31?/m0/s1. The summed E-state index contributed by atoms with van der Waals surface area (Å²) in [6.07, 6.45) is 8.18.